The molecule has 0 saturated heterocycles. The van der Waals surface area contributed by atoms with E-state index < -0.39 is 11.8 Å². The van der Waals surface area contributed by atoms with Gasteiger partial charge in [-0.15, -0.1) is 0 Å². The largest absolute Gasteiger partial charge is 0.347 e. The number of nitrogens with one attached hydrogen (secondary N) is 1. The summed E-state index contributed by atoms with van der Waals surface area (Å²) in [7, 11) is 0. The van der Waals surface area contributed by atoms with Crippen LogP contribution < -0.4 is 5.32 Å². The minimum Gasteiger partial charge on any atom is -0.347 e. The molecule has 0 aliphatic heterocycles. The van der Waals surface area contributed by atoms with E-state index in [2.05, 4.69) is 45.5 Å². The maximum absolute atomic E-state index is 12.4. The van der Waals surface area contributed by atoms with E-state index in [-0.39, 0.29) is 12.1 Å². The molecule has 2 aromatic carbocycles. The predicted molar refractivity (Wildman–Crippen MR) is 113 cm³/mol. The SMILES string of the molecule is CC(C)N(C(=O)C(=O)NCCc1cc(-c2ccccc2)ccc1Br)C(C)C. The molecule has 144 valence electrons. The Labute approximate surface area is 170 Å². The standard InChI is InChI=1S/C22H27BrN2O2/c1-15(2)25(16(3)4)22(27)21(26)24-13-12-19-14-18(10-11-20(19)23)17-8-6-5-7-9-17/h5-11,14-16H,12-13H2,1-4H3,(H,24,26). The van der Waals surface area contributed by atoms with Crippen LogP contribution in [0.2, 0.25) is 0 Å². The summed E-state index contributed by atoms with van der Waals surface area (Å²) >= 11 is 3.57. The zero-order valence-electron chi connectivity index (χ0n) is 16.3. The number of hydrogen-bond donors (Lipinski definition) is 1. The molecule has 2 aromatic rings. The van der Waals surface area contributed by atoms with E-state index in [4.69, 9.17) is 0 Å². The molecular formula is C22H27BrN2O2. The maximum Gasteiger partial charge on any atom is 0.312 e. The topological polar surface area (TPSA) is 49.4 Å². The van der Waals surface area contributed by atoms with E-state index in [9.17, 15) is 9.59 Å². The van der Waals surface area contributed by atoms with Crippen LogP contribution in [-0.4, -0.2) is 35.3 Å². The van der Waals surface area contributed by atoms with Gasteiger partial charge in [0.05, 0.1) is 0 Å². The zero-order chi connectivity index (χ0) is 20.0. The number of amides is 2. The number of carbonyl (C=O) groups excluding carboxylic acids is 2. The highest BCUT2D eigenvalue weighted by Crippen LogP contribution is 2.25. The summed E-state index contributed by atoms with van der Waals surface area (Å²) < 4.78 is 0.994. The average Bonchev–Trinajstić information content (AvgIpc) is 2.63. The molecule has 0 aliphatic carbocycles. The molecule has 0 unspecified atom stereocenters. The molecule has 0 aliphatic rings. The number of carbonyl (C=O) groups is 2. The van der Waals surface area contributed by atoms with Crippen molar-refractivity contribution in [3.05, 3.63) is 58.6 Å². The Bertz CT molecular complexity index is 780. The van der Waals surface area contributed by atoms with Crippen molar-refractivity contribution in [3.63, 3.8) is 0 Å². The zero-order valence-corrected chi connectivity index (χ0v) is 17.9. The highest BCUT2D eigenvalue weighted by molar-refractivity contribution is 9.10. The lowest BCUT2D eigenvalue weighted by molar-refractivity contribution is -0.148. The van der Waals surface area contributed by atoms with Gasteiger partial charge in [0.15, 0.2) is 0 Å². The molecule has 27 heavy (non-hydrogen) atoms. The first-order valence-corrected chi connectivity index (χ1v) is 10.0. The van der Waals surface area contributed by atoms with Gasteiger partial charge in [0.2, 0.25) is 0 Å². The lowest BCUT2D eigenvalue weighted by Crippen LogP contribution is -2.49. The van der Waals surface area contributed by atoms with Gasteiger partial charge in [-0.2, -0.15) is 0 Å². The molecule has 0 heterocycles. The van der Waals surface area contributed by atoms with Crippen LogP contribution in [-0.2, 0) is 16.0 Å². The fourth-order valence-corrected chi connectivity index (χ4v) is 3.59. The summed E-state index contributed by atoms with van der Waals surface area (Å²) in [5.74, 6) is -1.02. The molecule has 0 aromatic heterocycles. The monoisotopic (exact) mass is 430 g/mol. The van der Waals surface area contributed by atoms with E-state index in [1.54, 1.807) is 4.90 Å². The third-order valence-corrected chi connectivity index (χ3v) is 5.15. The molecule has 0 fully saturated rings. The van der Waals surface area contributed by atoms with Gasteiger partial charge in [-0.3, -0.25) is 9.59 Å². The van der Waals surface area contributed by atoms with E-state index in [1.165, 1.54) is 0 Å². The quantitative estimate of drug-likeness (QED) is 0.689. The van der Waals surface area contributed by atoms with Gasteiger partial charge in [0.1, 0.15) is 0 Å². The van der Waals surface area contributed by atoms with Crippen LogP contribution in [0.4, 0.5) is 0 Å². The Balaban J connectivity index is 2.01. The van der Waals surface area contributed by atoms with Gasteiger partial charge in [-0.25, -0.2) is 0 Å². The lowest BCUT2D eigenvalue weighted by Gasteiger charge is -2.30. The van der Waals surface area contributed by atoms with Crippen LogP contribution in [0.15, 0.2) is 53.0 Å². The summed E-state index contributed by atoms with van der Waals surface area (Å²) in [4.78, 5) is 26.2. The third kappa shape index (κ3) is 5.67. The molecule has 2 rings (SSSR count). The second-order valence-electron chi connectivity index (χ2n) is 7.08. The minimum atomic E-state index is -0.548. The fourth-order valence-electron chi connectivity index (χ4n) is 3.15. The van der Waals surface area contributed by atoms with Crippen molar-refractivity contribution in [2.75, 3.05) is 6.54 Å². The molecule has 1 N–H and O–H groups in total. The van der Waals surface area contributed by atoms with Crippen molar-refractivity contribution < 1.29 is 9.59 Å². The van der Waals surface area contributed by atoms with Crippen LogP contribution in [0.1, 0.15) is 33.3 Å². The molecule has 2 amide bonds. The Hall–Kier alpha value is -2.14. The first-order valence-electron chi connectivity index (χ1n) is 9.25. The normalized spacial score (nSPS) is 10.9. The van der Waals surface area contributed by atoms with Crippen molar-refractivity contribution >= 4 is 27.7 Å². The third-order valence-electron chi connectivity index (χ3n) is 4.37. The number of hydrogen-bond acceptors (Lipinski definition) is 2. The van der Waals surface area contributed by atoms with Crippen LogP contribution in [0.3, 0.4) is 0 Å². The average molecular weight is 431 g/mol. The molecule has 0 saturated carbocycles. The molecule has 4 nitrogen and oxygen atoms in total. The summed E-state index contributed by atoms with van der Waals surface area (Å²) in [5.41, 5.74) is 3.37. The van der Waals surface area contributed by atoms with Crippen LogP contribution in [0.5, 0.6) is 0 Å². The van der Waals surface area contributed by atoms with Gasteiger partial charge in [-0.05, 0) is 62.9 Å². The summed E-state index contributed by atoms with van der Waals surface area (Å²) in [6, 6.07) is 16.3. The first-order chi connectivity index (χ1) is 12.8. The number of rotatable bonds is 6. The van der Waals surface area contributed by atoms with Crippen LogP contribution in [0.25, 0.3) is 11.1 Å². The number of nitrogens with zero attached hydrogens (tertiary/aromatic N) is 1. The second kappa shape index (κ2) is 9.70. The highest BCUT2D eigenvalue weighted by Gasteiger charge is 2.25. The number of halogens is 1. The summed E-state index contributed by atoms with van der Waals surface area (Å²) in [6.07, 6.45) is 0.642. The van der Waals surface area contributed by atoms with Gasteiger partial charge in [0, 0.05) is 23.1 Å². The van der Waals surface area contributed by atoms with Crippen molar-refractivity contribution in [3.8, 4) is 11.1 Å². The van der Waals surface area contributed by atoms with Crippen molar-refractivity contribution in [2.24, 2.45) is 0 Å². The van der Waals surface area contributed by atoms with E-state index in [0.29, 0.717) is 13.0 Å². The van der Waals surface area contributed by atoms with Crippen molar-refractivity contribution in [2.45, 2.75) is 46.2 Å². The Morgan fingerprint density at radius 1 is 0.963 bits per heavy atom. The van der Waals surface area contributed by atoms with Gasteiger partial charge < -0.3 is 10.2 Å². The Morgan fingerprint density at radius 2 is 1.59 bits per heavy atom. The Morgan fingerprint density at radius 3 is 2.19 bits per heavy atom. The molecule has 5 heteroatoms. The summed E-state index contributed by atoms with van der Waals surface area (Å²) in [5, 5.41) is 2.76. The summed E-state index contributed by atoms with van der Waals surface area (Å²) in [6.45, 7) is 8.06. The van der Waals surface area contributed by atoms with Gasteiger partial charge >= 0.3 is 11.8 Å². The predicted octanol–water partition coefficient (Wildman–Crippen LogP) is 4.42. The number of benzene rings is 2. The lowest BCUT2D eigenvalue weighted by atomic mass is 10.0. The minimum absolute atomic E-state index is 0.0139. The van der Waals surface area contributed by atoms with Gasteiger partial charge in [0.25, 0.3) is 0 Å². The second-order valence-corrected chi connectivity index (χ2v) is 7.93. The van der Waals surface area contributed by atoms with E-state index in [0.717, 1.165) is 21.2 Å². The van der Waals surface area contributed by atoms with E-state index in [1.807, 2.05) is 52.0 Å². The van der Waals surface area contributed by atoms with Crippen molar-refractivity contribution in [1.82, 2.24) is 10.2 Å². The smallest absolute Gasteiger partial charge is 0.312 e. The van der Waals surface area contributed by atoms with Gasteiger partial charge in [-0.1, -0.05) is 52.3 Å². The molecule has 0 radical (unpaired) electrons. The molecular weight excluding hydrogens is 404 g/mol. The maximum atomic E-state index is 12.4. The fraction of sp³-hybridized carbons (Fsp3) is 0.364. The molecule has 0 bridgehead atoms. The van der Waals surface area contributed by atoms with Crippen LogP contribution >= 0.6 is 15.9 Å². The molecule has 0 spiro atoms. The highest BCUT2D eigenvalue weighted by atomic mass is 79.9. The van der Waals surface area contributed by atoms with Crippen LogP contribution in [0, 0.1) is 0 Å². The van der Waals surface area contributed by atoms with Crippen molar-refractivity contribution in [1.29, 1.82) is 0 Å². The Kier molecular flexibility index (Phi) is 7.60. The van der Waals surface area contributed by atoms with E-state index >= 15 is 0 Å². The molecule has 0 atom stereocenters. The first kappa shape index (κ1) is 21.2.